The van der Waals surface area contributed by atoms with Crippen molar-refractivity contribution in [2.45, 2.75) is 70.8 Å². The third-order valence-corrected chi connectivity index (χ3v) is 8.25. The van der Waals surface area contributed by atoms with Crippen LogP contribution in [0.5, 0.6) is 0 Å². The van der Waals surface area contributed by atoms with Crippen LogP contribution in [0.25, 0.3) is 0 Å². The number of piperazine rings is 1. The molecule has 2 fully saturated rings. The molecule has 0 unspecified atom stereocenters. The monoisotopic (exact) mass is 687 g/mol. The fourth-order valence-corrected chi connectivity index (χ4v) is 5.78. The third-order valence-electron chi connectivity index (χ3n) is 8.02. The molecule has 0 spiro atoms. The zero-order valence-electron chi connectivity index (χ0n) is 26.4. The second-order valence-electron chi connectivity index (χ2n) is 12.8. The fourth-order valence-electron chi connectivity index (χ4n) is 5.61. The smallest absolute Gasteiger partial charge is 0.407 e. The van der Waals surface area contributed by atoms with Crippen molar-refractivity contribution >= 4 is 40.9 Å². The summed E-state index contributed by atoms with van der Waals surface area (Å²) in [4.78, 5) is 41.4. The van der Waals surface area contributed by atoms with Gasteiger partial charge in [0.05, 0.1) is 23.4 Å². The van der Waals surface area contributed by atoms with Crippen LogP contribution in [0.3, 0.4) is 0 Å². The van der Waals surface area contributed by atoms with Crippen LogP contribution in [-0.2, 0) is 16.1 Å². The molecular weight excluding hydrogens is 649 g/mol. The van der Waals surface area contributed by atoms with E-state index in [2.05, 4.69) is 16.0 Å². The number of halogens is 6. The van der Waals surface area contributed by atoms with Gasteiger partial charge in [-0.3, -0.25) is 14.5 Å². The number of nitrogens with zero attached hydrogens (tertiary/aromatic N) is 2. The number of carbonyl (C=O) groups is 3. The lowest BCUT2D eigenvalue weighted by Crippen LogP contribution is -2.47. The maximum Gasteiger partial charge on any atom is 0.407 e. The van der Waals surface area contributed by atoms with E-state index in [-0.39, 0.29) is 36.3 Å². The molecule has 47 heavy (non-hydrogen) atoms. The molecule has 1 saturated heterocycles. The van der Waals surface area contributed by atoms with Crippen molar-refractivity contribution in [2.75, 3.05) is 42.9 Å². The Kier molecular flexibility index (Phi) is 11.6. The molecule has 1 saturated carbocycles. The molecule has 0 bridgehead atoms. The van der Waals surface area contributed by atoms with Crippen LogP contribution in [0.15, 0.2) is 30.3 Å². The Balaban J connectivity index is 1.33. The Morgan fingerprint density at radius 3 is 2.34 bits per heavy atom. The van der Waals surface area contributed by atoms with E-state index in [4.69, 9.17) is 16.3 Å². The van der Waals surface area contributed by atoms with Crippen LogP contribution in [0.2, 0.25) is 5.02 Å². The van der Waals surface area contributed by atoms with Crippen molar-refractivity contribution in [3.63, 3.8) is 0 Å². The minimum atomic E-state index is -4.24. The van der Waals surface area contributed by atoms with Crippen molar-refractivity contribution < 1.29 is 41.1 Å². The molecule has 2 aromatic carbocycles. The molecule has 15 heteroatoms. The normalized spacial score (nSPS) is 19.0. The average molecular weight is 688 g/mol. The number of alkyl halides is 3. The van der Waals surface area contributed by atoms with Gasteiger partial charge in [0.25, 0.3) is 5.91 Å². The highest BCUT2D eigenvalue weighted by atomic mass is 35.5. The summed E-state index contributed by atoms with van der Waals surface area (Å²) >= 11 is 6.19. The molecule has 2 atom stereocenters. The maximum absolute atomic E-state index is 15.1. The summed E-state index contributed by atoms with van der Waals surface area (Å²) in [5.41, 5.74) is -0.587. The van der Waals surface area contributed by atoms with Gasteiger partial charge in [-0.05, 0) is 64.3 Å². The summed E-state index contributed by atoms with van der Waals surface area (Å²) in [6, 6.07) is 6.72. The minimum absolute atomic E-state index is 0.116. The largest absolute Gasteiger partial charge is 0.444 e. The Morgan fingerprint density at radius 2 is 1.68 bits per heavy atom. The van der Waals surface area contributed by atoms with E-state index in [1.54, 1.807) is 31.7 Å². The lowest BCUT2D eigenvalue weighted by atomic mass is 10.1. The first-order valence-electron chi connectivity index (χ1n) is 15.4. The fraction of sp³-hybridized carbons (Fsp3) is 0.531. The van der Waals surface area contributed by atoms with E-state index >= 15 is 8.78 Å². The summed E-state index contributed by atoms with van der Waals surface area (Å²) in [6.07, 6.45) is -4.28. The zero-order chi connectivity index (χ0) is 34.5. The number of hydrogen-bond acceptors (Lipinski definition) is 6. The number of nitrogens with one attached hydrogen (secondary N) is 3. The lowest BCUT2D eigenvalue weighted by Gasteiger charge is -2.37. The highest BCUT2D eigenvalue weighted by Crippen LogP contribution is 2.32. The molecule has 2 aliphatic rings. The predicted molar refractivity (Wildman–Crippen MR) is 167 cm³/mol. The summed E-state index contributed by atoms with van der Waals surface area (Å²) in [5, 5.41) is 8.31. The van der Waals surface area contributed by atoms with Gasteiger partial charge in [-0.1, -0.05) is 17.7 Å². The number of alkyl carbamates (subject to hydrolysis) is 1. The molecule has 9 nitrogen and oxygen atoms in total. The summed E-state index contributed by atoms with van der Waals surface area (Å²) in [7, 11) is 0. The third kappa shape index (κ3) is 10.4. The van der Waals surface area contributed by atoms with Gasteiger partial charge >= 0.3 is 12.3 Å². The Bertz CT molecular complexity index is 1460. The molecule has 3 N–H and O–H groups in total. The van der Waals surface area contributed by atoms with Crippen LogP contribution < -0.4 is 20.9 Å². The topological polar surface area (TPSA) is 103 Å². The molecule has 258 valence electrons. The van der Waals surface area contributed by atoms with Crippen LogP contribution in [0.4, 0.5) is 38.1 Å². The first kappa shape index (κ1) is 36.2. The number of benzene rings is 2. The van der Waals surface area contributed by atoms with Crippen molar-refractivity contribution in [1.29, 1.82) is 0 Å². The Hall–Kier alpha value is -3.65. The van der Waals surface area contributed by atoms with Crippen molar-refractivity contribution in [3.05, 3.63) is 58.1 Å². The Morgan fingerprint density at radius 1 is 0.979 bits per heavy atom. The predicted octanol–water partition coefficient (Wildman–Crippen LogP) is 6.25. The molecule has 1 aliphatic carbocycles. The van der Waals surface area contributed by atoms with Gasteiger partial charge in [0.15, 0.2) is 11.6 Å². The average Bonchev–Trinajstić information content (AvgIpc) is 3.45. The van der Waals surface area contributed by atoms with Crippen LogP contribution in [0.1, 0.15) is 62.4 Å². The van der Waals surface area contributed by atoms with Crippen molar-refractivity contribution in [3.8, 4) is 0 Å². The second kappa shape index (κ2) is 15.1. The Labute approximate surface area is 275 Å². The van der Waals surface area contributed by atoms with Gasteiger partial charge in [0.2, 0.25) is 5.91 Å². The molecule has 0 radical (unpaired) electrons. The van der Waals surface area contributed by atoms with E-state index in [1.807, 2.05) is 4.90 Å². The van der Waals surface area contributed by atoms with Gasteiger partial charge in [-0.25, -0.2) is 13.6 Å². The molecule has 4 rings (SSSR count). The maximum atomic E-state index is 15.1. The second-order valence-corrected chi connectivity index (χ2v) is 13.2. The first-order valence-corrected chi connectivity index (χ1v) is 15.8. The molecule has 1 heterocycles. The van der Waals surface area contributed by atoms with Crippen LogP contribution in [0, 0.1) is 17.6 Å². The van der Waals surface area contributed by atoms with Gasteiger partial charge in [-0.15, -0.1) is 0 Å². The number of amides is 3. The van der Waals surface area contributed by atoms with Crippen molar-refractivity contribution in [1.82, 2.24) is 15.5 Å². The van der Waals surface area contributed by atoms with Gasteiger partial charge < -0.3 is 25.6 Å². The number of anilines is 2. The van der Waals surface area contributed by atoms with Gasteiger partial charge in [0, 0.05) is 61.8 Å². The SMILES string of the molecule is CC(C)(C)OC(=O)N[C@H]1CC[C@@H](C(=O)NCc2ccc(C(=O)Nc3ccc(Cl)cc3N3CCN(CCC(F)(F)F)CC3)c(F)c2F)C1. The summed E-state index contributed by atoms with van der Waals surface area (Å²) in [6.45, 7) is 6.27. The van der Waals surface area contributed by atoms with E-state index in [0.29, 0.717) is 56.2 Å². The van der Waals surface area contributed by atoms with Crippen LogP contribution in [-0.4, -0.2) is 73.4 Å². The summed E-state index contributed by atoms with van der Waals surface area (Å²) in [5.74, 6) is -4.37. The van der Waals surface area contributed by atoms with Gasteiger partial charge in [-0.2, -0.15) is 13.2 Å². The van der Waals surface area contributed by atoms with E-state index in [0.717, 1.165) is 6.07 Å². The van der Waals surface area contributed by atoms with E-state index in [1.165, 1.54) is 18.2 Å². The van der Waals surface area contributed by atoms with Gasteiger partial charge in [0.1, 0.15) is 5.60 Å². The quantitative estimate of drug-likeness (QED) is 0.269. The number of hydrogen-bond donors (Lipinski definition) is 3. The summed E-state index contributed by atoms with van der Waals surface area (Å²) < 4.78 is 73.3. The number of carbonyl (C=O) groups excluding carboxylic acids is 3. The highest BCUT2D eigenvalue weighted by molar-refractivity contribution is 6.31. The molecule has 3 amide bonds. The van der Waals surface area contributed by atoms with E-state index in [9.17, 15) is 27.6 Å². The lowest BCUT2D eigenvalue weighted by molar-refractivity contribution is -0.138. The number of ether oxygens (including phenoxy) is 1. The molecule has 1 aliphatic heterocycles. The molecule has 0 aromatic heterocycles. The standard InChI is InChI=1S/C32H39ClF5N5O4/c1-31(2,3)47-30(46)40-22-7-4-19(16-22)28(44)39-18-20-5-8-23(27(35)26(20)34)29(45)41-24-9-6-21(33)17-25(24)43-14-12-42(13-15-43)11-10-32(36,37)38/h5-6,8-9,17,19,22H,4,7,10-16,18H2,1-3H3,(H,39,44)(H,40,46)(H,41,45)/t19-,22+/m1/s1. The van der Waals surface area contributed by atoms with E-state index < -0.39 is 53.3 Å². The number of rotatable bonds is 9. The first-order chi connectivity index (χ1) is 22.0. The minimum Gasteiger partial charge on any atom is -0.444 e. The highest BCUT2D eigenvalue weighted by Gasteiger charge is 2.32. The zero-order valence-corrected chi connectivity index (χ0v) is 27.2. The molecular formula is C32H39ClF5N5O4. The van der Waals surface area contributed by atoms with Crippen molar-refractivity contribution in [2.24, 2.45) is 5.92 Å². The molecule has 2 aromatic rings. The van der Waals surface area contributed by atoms with Crippen LogP contribution >= 0.6 is 11.6 Å².